The van der Waals surface area contributed by atoms with Crippen LogP contribution < -0.4 is 10.5 Å². The lowest BCUT2D eigenvalue weighted by Gasteiger charge is -2.15. The van der Waals surface area contributed by atoms with E-state index in [0.29, 0.717) is 31.6 Å². The highest BCUT2D eigenvalue weighted by Gasteiger charge is 2.34. The Morgan fingerprint density at radius 1 is 1.15 bits per heavy atom. The molecular weight excluding hydrogens is 271 g/mol. The Bertz CT molecular complexity index is 408. The number of ether oxygens (including phenoxy) is 2. The Morgan fingerprint density at radius 2 is 1.85 bits per heavy atom. The molecule has 114 valence electrons. The van der Waals surface area contributed by atoms with Gasteiger partial charge < -0.3 is 15.2 Å². The average molecular weight is 291 g/mol. The van der Waals surface area contributed by atoms with Gasteiger partial charge in [-0.25, -0.2) is 0 Å². The highest BCUT2D eigenvalue weighted by Crippen LogP contribution is 2.37. The van der Waals surface area contributed by atoms with E-state index in [-0.39, 0.29) is 12.4 Å². The van der Waals surface area contributed by atoms with Crippen molar-refractivity contribution in [2.75, 3.05) is 26.9 Å². The summed E-state index contributed by atoms with van der Waals surface area (Å²) in [6, 6.07) is 4.09. The molecule has 0 saturated carbocycles. The minimum absolute atomic E-state index is 0.129. The predicted molar refractivity (Wildman–Crippen MR) is 70.8 cm³/mol. The van der Waals surface area contributed by atoms with Crippen molar-refractivity contribution in [3.8, 4) is 5.75 Å². The third-order valence-corrected chi connectivity index (χ3v) is 2.78. The van der Waals surface area contributed by atoms with E-state index in [1.165, 1.54) is 6.07 Å². The van der Waals surface area contributed by atoms with Gasteiger partial charge in [0.15, 0.2) is 0 Å². The molecule has 0 aliphatic heterocycles. The first-order chi connectivity index (χ1) is 9.49. The largest absolute Gasteiger partial charge is 0.493 e. The lowest BCUT2D eigenvalue weighted by Crippen LogP contribution is -2.11. The molecule has 0 spiro atoms. The number of nitrogens with two attached hydrogens (primary N) is 1. The number of rotatable bonds is 8. The highest BCUT2D eigenvalue weighted by atomic mass is 19.4. The molecule has 0 heterocycles. The van der Waals surface area contributed by atoms with Crippen LogP contribution in [0, 0.1) is 0 Å². The maximum absolute atomic E-state index is 13.0. The molecule has 0 aliphatic carbocycles. The van der Waals surface area contributed by atoms with E-state index in [2.05, 4.69) is 0 Å². The standard InChI is InChI=1S/C14H20F3NO2/c1-19-8-2-3-9-20-13-5-4-11(6-7-18)10-12(13)14(15,16)17/h4-5,10H,2-3,6-9,18H2,1H3. The van der Waals surface area contributed by atoms with Gasteiger partial charge in [0.1, 0.15) is 5.75 Å². The lowest BCUT2D eigenvalue weighted by atomic mass is 10.1. The highest BCUT2D eigenvalue weighted by molar-refractivity contribution is 5.39. The zero-order valence-electron chi connectivity index (χ0n) is 11.5. The van der Waals surface area contributed by atoms with E-state index in [0.717, 1.165) is 12.5 Å². The van der Waals surface area contributed by atoms with Gasteiger partial charge in [0, 0.05) is 13.7 Å². The summed E-state index contributed by atoms with van der Waals surface area (Å²) in [5.74, 6) is -0.129. The van der Waals surface area contributed by atoms with Crippen molar-refractivity contribution in [2.24, 2.45) is 5.73 Å². The van der Waals surface area contributed by atoms with Crippen LogP contribution in [-0.2, 0) is 17.3 Å². The van der Waals surface area contributed by atoms with Gasteiger partial charge in [0.05, 0.1) is 12.2 Å². The Balaban J connectivity index is 2.73. The van der Waals surface area contributed by atoms with E-state index in [1.54, 1.807) is 13.2 Å². The second-order valence-corrected chi connectivity index (χ2v) is 4.42. The fourth-order valence-electron chi connectivity index (χ4n) is 1.78. The van der Waals surface area contributed by atoms with Crippen LogP contribution in [0.2, 0.25) is 0 Å². The molecule has 2 N–H and O–H groups in total. The third kappa shape index (κ3) is 5.38. The second-order valence-electron chi connectivity index (χ2n) is 4.42. The summed E-state index contributed by atoms with van der Waals surface area (Å²) in [4.78, 5) is 0. The molecule has 0 atom stereocenters. The molecule has 20 heavy (non-hydrogen) atoms. The van der Waals surface area contributed by atoms with Gasteiger partial charge in [-0.2, -0.15) is 13.2 Å². The van der Waals surface area contributed by atoms with E-state index in [4.69, 9.17) is 15.2 Å². The van der Waals surface area contributed by atoms with Gasteiger partial charge in [0.2, 0.25) is 0 Å². The summed E-state index contributed by atoms with van der Waals surface area (Å²) in [6.07, 6.45) is -2.61. The van der Waals surface area contributed by atoms with Crippen LogP contribution in [0.4, 0.5) is 13.2 Å². The Morgan fingerprint density at radius 3 is 2.45 bits per heavy atom. The molecule has 0 aromatic heterocycles. The van der Waals surface area contributed by atoms with Crippen molar-refractivity contribution in [2.45, 2.75) is 25.4 Å². The molecule has 0 fully saturated rings. The summed E-state index contributed by atoms with van der Waals surface area (Å²) >= 11 is 0. The molecule has 0 saturated heterocycles. The van der Waals surface area contributed by atoms with Gasteiger partial charge >= 0.3 is 6.18 Å². The number of methoxy groups -OCH3 is 1. The summed E-state index contributed by atoms with van der Waals surface area (Å²) < 4.78 is 49.0. The van der Waals surface area contributed by atoms with Crippen molar-refractivity contribution in [1.82, 2.24) is 0 Å². The monoisotopic (exact) mass is 291 g/mol. The minimum atomic E-state index is -4.42. The fraction of sp³-hybridized carbons (Fsp3) is 0.571. The first kappa shape index (κ1) is 16.8. The smallest absolute Gasteiger partial charge is 0.419 e. The molecular formula is C14H20F3NO2. The van der Waals surface area contributed by atoms with Gasteiger partial charge in [-0.05, 0) is 43.5 Å². The van der Waals surface area contributed by atoms with Crippen molar-refractivity contribution in [3.63, 3.8) is 0 Å². The normalized spacial score (nSPS) is 11.7. The molecule has 1 aromatic carbocycles. The number of halogens is 3. The summed E-state index contributed by atoms with van der Waals surface area (Å²) in [5, 5.41) is 0. The molecule has 6 heteroatoms. The third-order valence-electron chi connectivity index (χ3n) is 2.78. The summed E-state index contributed by atoms with van der Waals surface area (Å²) in [6.45, 7) is 1.13. The molecule has 0 amide bonds. The Kier molecular flexibility index (Phi) is 6.81. The first-order valence-corrected chi connectivity index (χ1v) is 6.51. The molecule has 0 unspecified atom stereocenters. The SMILES string of the molecule is COCCCCOc1ccc(CCN)cc1C(F)(F)F. The van der Waals surface area contributed by atoms with Crippen molar-refractivity contribution in [3.05, 3.63) is 29.3 Å². The van der Waals surface area contributed by atoms with Gasteiger partial charge in [-0.3, -0.25) is 0 Å². The second kappa shape index (κ2) is 8.11. The van der Waals surface area contributed by atoms with Crippen LogP contribution in [0.3, 0.4) is 0 Å². The maximum Gasteiger partial charge on any atom is 0.419 e. The van der Waals surface area contributed by atoms with E-state index in [1.807, 2.05) is 0 Å². The summed E-state index contributed by atoms with van der Waals surface area (Å²) in [5.41, 5.74) is 5.18. The predicted octanol–water partition coefficient (Wildman–Crippen LogP) is 3.01. The maximum atomic E-state index is 13.0. The molecule has 3 nitrogen and oxygen atoms in total. The lowest BCUT2D eigenvalue weighted by molar-refractivity contribution is -0.139. The zero-order valence-corrected chi connectivity index (χ0v) is 11.5. The van der Waals surface area contributed by atoms with Crippen LogP contribution in [0.15, 0.2) is 18.2 Å². The van der Waals surface area contributed by atoms with E-state index in [9.17, 15) is 13.2 Å². The van der Waals surface area contributed by atoms with Crippen LogP contribution in [0.25, 0.3) is 0 Å². The van der Waals surface area contributed by atoms with E-state index >= 15 is 0 Å². The number of benzene rings is 1. The topological polar surface area (TPSA) is 44.5 Å². The Hall–Kier alpha value is -1.27. The van der Waals surface area contributed by atoms with Crippen LogP contribution >= 0.6 is 0 Å². The average Bonchev–Trinajstić information content (AvgIpc) is 2.39. The minimum Gasteiger partial charge on any atom is -0.493 e. The molecule has 0 bridgehead atoms. The first-order valence-electron chi connectivity index (χ1n) is 6.51. The number of hydrogen-bond donors (Lipinski definition) is 1. The molecule has 1 aromatic rings. The number of alkyl halides is 3. The van der Waals surface area contributed by atoms with Crippen molar-refractivity contribution >= 4 is 0 Å². The fourth-order valence-corrected chi connectivity index (χ4v) is 1.78. The van der Waals surface area contributed by atoms with Crippen LogP contribution in [-0.4, -0.2) is 26.9 Å². The van der Waals surface area contributed by atoms with Gasteiger partial charge in [-0.1, -0.05) is 6.07 Å². The molecule has 0 aliphatic rings. The number of hydrogen-bond acceptors (Lipinski definition) is 3. The van der Waals surface area contributed by atoms with E-state index < -0.39 is 11.7 Å². The Labute approximate surface area is 116 Å². The molecule has 1 rings (SSSR count). The van der Waals surface area contributed by atoms with Gasteiger partial charge in [-0.15, -0.1) is 0 Å². The summed E-state index contributed by atoms with van der Waals surface area (Å²) in [7, 11) is 1.58. The number of unbranched alkanes of at least 4 members (excludes halogenated alkanes) is 1. The van der Waals surface area contributed by atoms with Crippen molar-refractivity contribution < 1.29 is 22.6 Å². The van der Waals surface area contributed by atoms with Crippen molar-refractivity contribution in [1.29, 1.82) is 0 Å². The van der Waals surface area contributed by atoms with Crippen LogP contribution in [0.5, 0.6) is 5.75 Å². The quantitative estimate of drug-likeness (QED) is 0.749. The zero-order chi connectivity index (χ0) is 15.0. The van der Waals surface area contributed by atoms with Gasteiger partial charge in [0.25, 0.3) is 0 Å². The van der Waals surface area contributed by atoms with Crippen LogP contribution in [0.1, 0.15) is 24.0 Å². The molecule has 0 radical (unpaired) electrons.